The van der Waals surface area contributed by atoms with E-state index in [0.29, 0.717) is 6.61 Å². The average Bonchev–Trinajstić information content (AvgIpc) is 2.46. The van der Waals surface area contributed by atoms with E-state index in [1.165, 1.54) is 36.2 Å². The first-order valence-electron chi connectivity index (χ1n) is 7.40. The van der Waals surface area contributed by atoms with Gasteiger partial charge in [-0.3, -0.25) is 4.90 Å². The maximum Gasteiger partial charge on any atom is 0.119 e. The minimum absolute atomic E-state index is 0.608. The maximum absolute atomic E-state index is 5.89. The molecule has 0 radical (unpaired) electrons. The Labute approximate surface area is 134 Å². The molecule has 1 fully saturated rings. The second-order valence-corrected chi connectivity index (χ2v) is 6.44. The summed E-state index contributed by atoms with van der Waals surface area (Å²) in [5.74, 6) is 0.932. The molecule has 2 nitrogen and oxygen atoms in total. The second kappa shape index (κ2) is 6.63. The van der Waals surface area contributed by atoms with Gasteiger partial charge < -0.3 is 4.74 Å². The number of likely N-dealkylation sites (tertiary alicyclic amines) is 1. The van der Waals surface area contributed by atoms with Gasteiger partial charge in [-0.15, -0.1) is 0 Å². The Morgan fingerprint density at radius 2 is 1.86 bits per heavy atom. The molecule has 2 aromatic carbocycles. The van der Waals surface area contributed by atoms with Gasteiger partial charge in [-0.25, -0.2) is 0 Å². The summed E-state index contributed by atoms with van der Waals surface area (Å²) in [6, 6.07) is 14.7. The molecule has 0 unspecified atom stereocenters. The van der Waals surface area contributed by atoms with Crippen molar-refractivity contribution in [2.75, 3.05) is 13.1 Å². The van der Waals surface area contributed by atoms with Crippen LogP contribution in [0.3, 0.4) is 0 Å². The molecular weight excluding hydrogens is 326 g/mol. The van der Waals surface area contributed by atoms with Gasteiger partial charge in [0.25, 0.3) is 0 Å². The smallest absolute Gasteiger partial charge is 0.119 e. The van der Waals surface area contributed by atoms with Crippen molar-refractivity contribution in [2.24, 2.45) is 0 Å². The Hall–Kier alpha value is -1.32. The summed E-state index contributed by atoms with van der Waals surface area (Å²) in [6.45, 7) is 6.25. The Balaban J connectivity index is 1.58. The normalized spacial score (nSPS) is 14.8. The summed E-state index contributed by atoms with van der Waals surface area (Å²) >= 11 is 3.56. The van der Waals surface area contributed by atoms with Gasteiger partial charge in [0.05, 0.1) is 0 Å². The molecule has 0 bridgehead atoms. The molecule has 21 heavy (non-hydrogen) atoms. The highest BCUT2D eigenvalue weighted by Gasteiger charge is 2.13. The second-order valence-electron chi connectivity index (χ2n) is 5.59. The Morgan fingerprint density at radius 1 is 1.10 bits per heavy atom. The molecule has 1 aliphatic rings. The van der Waals surface area contributed by atoms with E-state index in [1.807, 2.05) is 6.07 Å². The molecule has 1 saturated heterocycles. The van der Waals surface area contributed by atoms with Gasteiger partial charge in [0.15, 0.2) is 0 Å². The Kier molecular flexibility index (Phi) is 4.61. The quantitative estimate of drug-likeness (QED) is 0.788. The van der Waals surface area contributed by atoms with Crippen LogP contribution in [0.2, 0.25) is 0 Å². The SMILES string of the molecule is Cc1c(Br)cccc1COc1ccc(CN2CCC2)cc1. The lowest BCUT2D eigenvalue weighted by atomic mass is 10.1. The van der Waals surface area contributed by atoms with E-state index in [2.05, 4.69) is 64.2 Å². The van der Waals surface area contributed by atoms with E-state index in [1.54, 1.807) is 0 Å². The van der Waals surface area contributed by atoms with Crippen LogP contribution in [0.25, 0.3) is 0 Å². The van der Waals surface area contributed by atoms with Gasteiger partial charge in [-0.05, 0) is 61.3 Å². The zero-order valence-electron chi connectivity index (χ0n) is 12.3. The topological polar surface area (TPSA) is 12.5 Å². The van der Waals surface area contributed by atoms with E-state index in [-0.39, 0.29) is 0 Å². The van der Waals surface area contributed by atoms with Crippen LogP contribution in [0, 0.1) is 6.92 Å². The minimum atomic E-state index is 0.608. The summed E-state index contributed by atoms with van der Waals surface area (Å²) in [5.41, 5.74) is 3.82. The van der Waals surface area contributed by atoms with Crippen molar-refractivity contribution >= 4 is 15.9 Å². The summed E-state index contributed by atoms with van der Waals surface area (Å²) in [5, 5.41) is 0. The molecule has 0 amide bonds. The standard InChI is InChI=1S/C18H20BrNO/c1-14-16(4-2-5-18(14)19)13-21-17-8-6-15(7-9-17)12-20-10-3-11-20/h2,4-9H,3,10-13H2,1H3. The molecular formula is C18H20BrNO. The van der Waals surface area contributed by atoms with E-state index >= 15 is 0 Å². The number of halogens is 1. The van der Waals surface area contributed by atoms with Crippen LogP contribution in [0.1, 0.15) is 23.1 Å². The molecule has 0 aromatic heterocycles. The number of hydrogen-bond donors (Lipinski definition) is 0. The van der Waals surface area contributed by atoms with Gasteiger partial charge >= 0.3 is 0 Å². The van der Waals surface area contributed by atoms with E-state index in [4.69, 9.17) is 4.74 Å². The number of ether oxygens (including phenoxy) is 1. The molecule has 0 N–H and O–H groups in total. The van der Waals surface area contributed by atoms with Gasteiger partial charge in [0, 0.05) is 11.0 Å². The van der Waals surface area contributed by atoms with Gasteiger partial charge in [0.1, 0.15) is 12.4 Å². The van der Waals surface area contributed by atoms with E-state index in [0.717, 1.165) is 16.8 Å². The van der Waals surface area contributed by atoms with Gasteiger partial charge in [-0.1, -0.05) is 40.2 Å². The summed E-state index contributed by atoms with van der Waals surface area (Å²) in [6.07, 6.45) is 1.34. The van der Waals surface area contributed by atoms with Gasteiger partial charge in [-0.2, -0.15) is 0 Å². The summed E-state index contributed by atoms with van der Waals surface area (Å²) < 4.78 is 7.03. The van der Waals surface area contributed by atoms with Crippen molar-refractivity contribution in [3.63, 3.8) is 0 Å². The molecule has 3 rings (SSSR count). The molecule has 110 valence electrons. The number of hydrogen-bond acceptors (Lipinski definition) is 2. The van der Waals surface area contributed by atoms with Crippen molar-refractivity contribution in [3.8, 4) is 5.75 Å². The van der Waals surface area contributed by atoms with Crippen LogP contribution < -0.4 is 4.74 Å². The van der Waals surface area contributed by atoms with Crippen LogP contribution in [0.5, 0.6) is 5.75 Å². The van der Waals surface area contributed by atoms with Crippen LogP contribution >= 0.6 is 15.9 Å². The maximum atomic E-state index is 5.89. The monoisotopic (exact) mass is 345 g/mol. The first kappa shape index (κ1) is 14.6. The number of benzene rings is 2. The molecule has 1 aliphatic heterocycles. The number of rotatable bonds is 5. The lowest BCUT2D eigenvalue weighted by molar-refractivity contribution is 0.172. The molecule has 3 heteroatoms. The molecule has 0 atom stereocenters. The summed E-state index contributed by atoms with van der Waals surface area (Å²) in [4.78, 5) is 2.46. The largest absolute Gasteiger partial charge is 0.489 e. The molecule has 2 aromatic rings. The highest BCUT2D eigenvalue weighted by molar-refractivity contribution is 9.10. The van der Waals surface area contributed by atoms with E-state index in [9.17, 15) is 0 Å². The van der Waals surface area contributed by atoms with Crippen LogP contribution in [-0.4, -0.2) is 18.0 Å². The predicted molar refractivity (Wildman–Crippen MR) is 89.5 cm³/mol. The fraction of sp³-hybridized carbons (Fsp3) is 0.333. The lowest BCUT2D eigenvalue weighted by Gasteiger charge is -2.30. The van der Waals surface area contributed by atoms with Crippen molar-refractivity contribution in [1.82, 2.24) is 4.90 Å². The van der Waals surface area contributed by atoms with Crippen molar-refractivity contribution in [2.45, 2.75) is 26.5 Å². The Bertz CT molecular complexity index is 605. The Morgan fingerprint density at radius 3 is 2.52 bits per heavy atom. The van der Waals surface area contributed by atoms with Crippen molar-refractivity contribution in [1.29, 1.82) is 0 Å². The van der Waals surface area contributed by atoms with Crippen molar-refractivity contribution < 1.29 is 4.74 Å². The lowest BCUT2D eigenvalue weighted by Crippen LogP contribution is -2.36. The average molecular weight is 346 g/mol. The molecule has 1 heterocycles. The van der Waals surface area contributed by atoms with Crippen LogP contribution in [0.15, 0.2) is 46.9 Å². The van der Waals surface area contributed by atoms with Crippen molar-refractivity contribution in [3.05, 3.63) is 63.6 Å². The fourth-order valence-corrected chi connectivity index (χ4v) is 2.87. The minimum Gasteiger partial charge on any atom is -0.489 e. The highest BCUT2D eigenvalue weighted by Crippen LogP contribution is 2.22. The first-order chi connectivity index (χ1) is 10.2. The van der Waals surface area contributed by atoms with Crippen LogP contribution in [-0.2, 0) is 13.2 Å². The molecule has 0 saturated carbocycles. The molecule has 0 spiro atoms. The third-order valence-electron chi connectivity index (χ3n) is 4.05. The first-order valence-corrected chi connectivity index (χ1v) is 8.20. The number of nitrogens with zero attached hydrogens (tertiary/aromatic N) is 1. The predicted octanol–water partition coefficient (Wildman–Crippen LogP) is 4.54. The summed E-state index contributed by atoms with van der Waals surface area (Å²) in [7, 11) is 0. The fourth-order valence-electron chi connectivity index (χ4n) is 2.46. The zero-order chi connectivity index (χ0) is 14.7. The van der Waals surface area contributed by atoms with Crippen LogP contribution in [0.4, 0.5) is 0 Å². The van der Waals surface area contributed by atoms with E-state index < -0.39 is 0 Å². The zero-order valence-corrected chi connectivity index (χ0v) is 13.9. The van der Waals surface area contributed by atoms with Gasteiger partial charge in [0.2, 0.25) is 0 Å². The highest BCUT2D eigenvalue weighted by atomic mass is 79.9. The molecule has 0 aliphatic carbocycles. The third-order valence-corrected chi connectivity index (χ3v) is 4.91. The third kappa shape index (κ3) is 3.66.